The summed E-state index contributed by atoms with van der Waals surface area (Å²) in [6.45, 7) is 0.857. The Kier molecular flexibility index (Phi) is 4.51. The maximum Gasteiger partial charge on any atom is 0.325 e. The number of ether oxygens (including phenoxy) is 1. The van der Waals surface area contributed by atoms with Gasteiger partial charge in [-0.3, -0.25) is 19.7 Å². The van der Waals surface area contributed by atoms with Crippen LogP contribution in [0.3, 0.4) is 0 Å². The van der Waals surface area contributed by atoms with Gasteiger partial charge in [0.05, 0.1) is 17.6 Å². The molecule has 0 atom stereocenters. The SMILES string of the molecule is COC(=O)CNC(=O)c1cc([N+](=O)[O-])cc(C)c1F. The summed E-state index contributed by atoms with van der Waals surface area (Å²) in [5.74, 6) is -2.50. The molecule has 0 aliphatic carbocycles. The molecule has 19 heavy (non-hydrogen) atoms. The second kappa shape index (κ2) is 5.89. The molecule has 0 aliphatic rings. The first-order chi connectivity index (χ1) is 8.86. The summed E-state index contributed by atoms with van der Waals surface area (Å²) in [6.07, 6.45) is 0. The Hall–Kier alpha value is -2.51. The number of aryl methyl sites for hydroxylation is 1. The average Bonchev–Trinajstić information content (AvgIpc) is 2.38. The zero-order valence-corrected chi connectivity index (χ0v) is 10.2. The van der Waals surface area contributed by atoms with Crippen molar-refractivity contribution in [3.05, 3.63) is 39.2 Å². The monoisotopic (exact) mass is 270 g/mol. The smallest absolute Gasteiger partial charge is 0.325 e. The quantitative estimate of drug-likeness (QED) is 0.499. The van der Waals surface area contributed by atoms with Gasteiger partial charge in [-0.15, -0.1) is 0 Å². The lowest BCUT2D eigenvalue weighted by Gasteiger charge is -2.06. The van der Waals surface area contributed by atoms with Crippen LogP contribution < -0.4 is 5.32 Å². The number of carbonyl (C=O) groups is 2. The Labute approximate surface area is 107 Å². The zero-order chi connectivity index (χ0) is 14.6. The van der Waals surface area contributed by atoms with Crippen molar-refractivity contribution in [1.29, 1.82) is 0 Å². The number of benzene rings is 1. The summed E-state index contributed by atoms with van der Waals surface area (Å²) < 4.78 is 18.0. The highest BCUT2D eigenvalue weighted by molar-refractivity contribution is 5.97. The highest BCUT2D eigenvalue weighted by Gasteiger charge is 2.20. The van der Waals surface area contributed by atoms with E-state index in [1.807, 2.05) is 0 Å². The van der Waals surface area contributed by atoms with Crippen LogP contribution in [-0.2, 0) is 9.53 Å². The Morgan fingerprint density at radius 1 is 1.47 bits per heavy atom. The van der Waals surface area contributed by atoms with Gasteiger partial charge in [0.15, 0.2) is 0 Å². The van der Waals surface area contributed by atoms with Crippen LogP contribution in [-0.4, -0.2) is 30.5 Å². The molecule has 0 aliphatic heterocycles. The van der Waals surface area contributed by atoms with Crippen LogP contribution in [0.2, 0.25) is 0 Å². The predicted octanol–water partition coefficient (Wildman–Crippen LogP) is 0.945. The third-order valence-electron chi connectivity index (χ3n) is 2.32. The van der Waals surface area contributed by atoms with Gasteiger partial charge in [0.1, 0.15) is 12.4 Å². The number of nitrogens with zero attached hydrogens (tertiary/aromatic N) is 1. The molecule has 7 nitrogen and oxygen atoms in total. The van der Waals surface area contributed by atoms with Crippen molar-refractivity contribution < 1.29 is 23.6 Å². The Balaban J connectivity index is 3.02. The maximum atomic E-state index is 13.7. The van der Waals surface area contributed by atoms with Crippen molar-refractivity contribution in [2.24, 2.45) is 0 Å². The lowest BCUT2D eigenvalue weighted by Crippen LogP contribution is -2.30. The number of rotatable bonds is 4. The molecule has 1 aromatic carbocycles. The summed E-state index contributed by atoms with van der Waals surface area (Å²) in [7, 11) is 1.13. The Bertz CT molecular complexity index is 544. The summed E-state index contributed by atoms with van der Waals surface area (Å²) in [5.41, 5.74) is -0.921. The second-order valence-corrected chi connectivity index (χ2v) is 3.64. The van der Waals surface area contributed by atoms with Gasteiger partial charge < -0.3 is 10.1 Å². The Morgan fingerprint density at radius 3 is 2.63 bits per heavy atom. The molecule has 1 rings (SSSR count). The Morgan fingerprint density at radius 2 is 2.11 bits per heavy atom. The maximum absolute atomic E-state index is 13.7. The number of carbonyl (C=O) groups excluding carboxylic acids is 2. The van der Waals surface area contributed by atoms with Gasteiger partial charge in [-0.1, -0.05) is 0 Å². The van der Waals surface area contributed by atoms with E-state index in [0.717, 1.165) is 19.2 Å². The van der Waals surface area contributed by atoms with Gasteiger partial charge in [0.25, 0.3) is 11.6 Å². The van der Waals surface area contributed by atoms with Crippen LogP contribution in [0.15, 0.2) is 12.1 Å². The molecule has 1 N–H and O–H groups in total. The summed E-state index contributed by atoms with van der Waals surface area (Å²) in [4.78, 5) is 32.4. The van der Waals surface area contributed by atoms with E-state index in [1.54, 1.807) is 0 Å². The number of hydrogen-bond acceptors (Lipinski definition) is 5. The van der Waals surface area contributed by atoms with Gasteiger partial charge in [-0.2, -0.15) is 0 Å². The standard InChI is InChI=1S/C11H11FN2O5/c1-6-3-7(14(17)18)4-8(10(6)12)11(16)13-5-9(15)19-2/h3-4H,5H2,1-2H3,(H,13,16). The van der Waals surface area contributed by atoms with Crippen molar-refractivity contribution >= 4 is 17.6 Å². The molecule has 0 bridgehead atoms. The van der Waals surface area contributed by atoms with E-state index in [-0.39, 0.29) is 5.56 Å². The van der Waals surface area contributed by atoms with Gasteiger partial charge in [-0.05, 0) is 12.5 Å². The number of amides is 1. The minimum atomic E-state index is -0.922. The summed E-state index contributed by atoms with van der Waals surface area (Å²) in [5, 5.41) is 12.7. The van der Waals surface area contributed by atoms with Crippen LogP contribution in [0.1, 0.15) is 15.9 Å². The largest absolute Gasteiger partial charge is 0.468 e. The van der Waals surface area contributed by atoms with E-state index < -0.39 is 40.4 Å². The van der Waals surface area contributed by atoms with Crippen LogP contribution in [0, 0.1) is 22.9 Å². The lowest BCUT2D eigenvalue weighted by molar-refractivity contribution is -0.385. The number of nitro benzene ring substituents is 1. The van der Waals surface area contributed by atoms with Gasteiger partial charge in [0.2, 0.25) is 0 Å². The first kappa shape index (κ1) is 14.6. The van der Waals surface area contributed by atoms with Gasteiger partial charge in [0, 0.05) is 12.1 Å². The highest BCUT2D eigenvalue weighted by atomic mass is 19.1. The third kappa shape index (κ3) is 3.47. The fourth-order valence-electron chi connectivity index (χ4n) is 1.34. The molecule has 0 saturated carbocycles. The van der Waals surface area contributed by atoms with E-state index in [4.69, 9.17) is 0 Å². The molecule has 1 aromatic rings. The fourth-order valence-corrected chi connectivity index (χ4v) is 1.34. The molecule has 1 amide bonds. The van der Waals surface area contributed by atoms with Crippen molar-refractivity contribution in [3.63, 3.8) is 0 Å². The number of halogens is 1. The normalized spacial score (nSPS) is 9.84. The van der Waals surface area contributed by atoms with Crippen LogP contribution in [0.4, 0.5) is 10.1 Å². The van der Waals surface area contributed by atoms with Crippen LogP contribution >= 0.6 is 0 Å². The van der Waals surface area contributed by atoms with Gasteiger partial charge in [-0.25, -0.2) is 4.39 Å². The van der Waals surface area contributed by atoms with Crippen molar-refractivity contribution in [2.45, 2.75) is 6.92 Å². The third-order valence-corrected chi connectivity index (χ3v) is 2.32. The van der Waals surface area contributed by atoms with E-state index in [9.17, 15) is 24.1 Å². The van der Waals surface area contributed by atoms with Crippen LogP contribution in [0.25, 0.3) is 0 Å². The van der Waals surface area contributed by atoms with Crippen molar-refractivity contribution in [1.82, 2.24) is 5.32 Å². The summed E-state index contributed by atoms with van der Waals surface area (Å²) >= 11 is 0. The molecule has 0 fully saturated rings. The minimum Gasteiger partial charge on any atom is -0.468 e. The number of non-ortho nitro benzene ring substituents is 1. The number of esters is 1. The molecular formula is C11H11FN2O5. The van der Waals surface area contributed by atoms with E-state index >= 15 is 0 Å². The zero-order valence-electron chi connectivity index (χ0n) is 10.2. The van der Waals surface area contributed by atoms with E-state index in [2.05, 4.69) is 10.1 Å². The topological polar surface area (TPSA) is 98.5 Å². The highest BCUT2D eigenvalue weighted by Crippen LogP contribution is 2.20. The summed E-state index contributed by atoms with van der Waals surface area (Å²) in [6, 6.07) is 1.83. The number of hydrogen-bond donors (Lipinski definition) is 1. The van der Waals surface area contributed by atoms with Gasteiger partial charge >= 0.3 is 5.97 Å². The average molecular weight is 270 g/mol. The molecule has 0 radical (unpaired) electrons. The molecule has 8 heteroatoms. The fraction of sp³-hybridized carbons (Fsp3) is 0.273. The minimum absolute atomic E-state index is 0.0302. The van der Waals surface area contributed by atoms with Crippen molar-refractivity contribution in [3.8, 4) is 0 Å². The number of nitro groups is 1. The molecule has 0 spiro atoms. The predicted molar refractivity (Wildman–Crippen MR) is 62.1 cm³/mol. The molecule has 0 aromatic heterocycles. The number of nitrogens with one attached hydrogen (secondary N) is 1. The lowest BCUT2D eigenvalue weighted by atomic mass is 10.1. The van der Waals surface area contributed by atoms with Crippen LogP contribution in [0.5, 0.6) is 0 Å². The van der Waals surface area contributed by atoms with E-state index in [1.165, 1.54) is 6.92 Å². The first-order valence-electron chi connectivity index (χ1n) is 5.16. The first-order valence-corrected chi connectivity index (χ1v) is 5.16. The second-order valence-electron chi connectivity index (χ2n) is 3.64. The van der Waals surface area contributed by atoms with Crippen molar-refractivity contribution in [2.75, 3.05) is 13.7 Å². The molecule has 102 valence electrons. The van der Waals surface area contributed by atoms with E-state index in [0.29, 0.717) is 0 Å². The molecular weight excluding hydrogens is 259 g/mol. The molecule has 0 heterocycles. The molecule has 0 saturated heterocycles. The number of methoxy groups -OCH3 is 1. The molecule has 0 unspecified atom stereocenters.